The maximum Gasteiger partial charge on any atom is 0.221 e. The number of benzene rings is 3. The smallest absolute Gasteiger partial charge is 0.221 e. The SMILES string of the molecule is COC(OC)(c1ccc(Br)cc1)c1ccc2c(c1)sc1ccccc12. The van der Waals surface area contributed by atoms with Crippen LogP contribution in [0.3, 0.4) is 0 Å². The van der Waals surface area contributed by atoms with Crippen LogP contribution in [0.15, 0.2) is 71.2 Å². The van der Waals surface area contributed by atoms with Gasteiger partial charge in [-0.2, -0.15) is 0 Å². The van der Waals surface area contributed by atoms with Crippen LogP contribution in [0.1, 0.15) is 11.1 Å². The summed E-state index contributed by atoms with van der Waals surface area (Å²) in [7, 11) is 3.36. The van der Waals surface area contributed by atoms with Crippen LogP contribution >= 0.6 is 27.3 Å². The summed E-state index contributed by atoms with van der Waals surface area (Å²) in [5, 5.41) is 2.55. The van der Waals surface area contributed by atoms with Crippen LogP contribution in [0, 0.1) is 0 Å². The standard InChI is InChI=1S/C21H17BrO2S/c1-23-21(24-2,14-7-10-16(22)11-8-14)15-9-12-18-17-5-3-4-6-19(17)25-20(18)13-15/h3-13H,1-2H3. The van der Waals surface area contributed by atoms with Crippen molar-refractivity contribution in [3.8, 4) is 0 Å². The third kappa shape index (κ3) is 2.70. The molecule has 0 amide bonds. The monoisotopic (exact) mass is 412 g/mol. The summed E-state index contributed by atoms with van der Waals surface area (Å²) in [4.78, 5) is 0. The number of hydrogen-bond donors (Lipinski definition) is 0. The van der Waals surface area contributed by atoms with Gasteiger partial charge in [0.2, 0.25) is 5.79 Å². The summed E-state index contributed by atoms with van der Waals surface area (Å²) in [5.74, 6) is -0.926. The number of ether oxygens (including phenoxy) is 2. The Kier molecular flexibility index (Phi) is 4.38. The van der Waals surface area contributed by atoms with Crippen molar-refractivity contribution in [1.29, 1.82) is 0 Å². The number of halogens is 1. The Balaban J connectivity index is 1.92. The highest BCUT2D eigenvalue weighted by atomic mass is 79.9. The van der Waals surface area contributed by atoms with Gasteiger partial charge in [0.25, 0.3) is 0 Å². The molecule has 0 aliphatic rings. The molecule has 0 unspecified atom stereocenters. The molecule has 0 spiro atoms. The Morgan fingerprint density at radius 1 is 0.760 bits per heavy atom. The van der Waals surface area contributed by atoms with Crippen molar-refractivity contribution < 1.29 is 9.47 Å². The van der Waals surface area contributed by atoms with E-state index in [9.17, 15) is 0 Å². The van der Waals surface area contributed by atoms with Gasteiger partial charge in [-0.3, -0.25) is 0 Å². The zero-order chi connectivity index (χ0) is 17.4. The molecule has 0 fully saturated rings. The number of thiophene rings is 1. The van der Waals surface area contributed by atoms with Crippen LogP contribution in [0.25, 0.3) is 20.2 Å². The molecule has 3 aromatic carbocycles. The summed E-state index contributed by atoms with van der Waals surface area (Å²) in [6.45, 7) is 0. The number of methoxy groups -OCH3 is 2. The molecule has 0 aliphatic carbocycles. The minimum absolute atomic E-state index is 0.926. The fraction of sp³-hybridized carbons (Fsp3) is 0.143. The molecule has 4 rings (SSSR count). The molecule has 126 valence electrons. The molecule has 4 heteroatoms. The Morgan fingerprint density at radius 2 is 1.40 bits per heavy atom. The highest BCUT2D eigenvalue weighted by Crippen LogP contribution is 2.40. The fourth-order valence-electron chi connectivity index (χ4n) is 3.32. The van der Waals surface area contributed by atoms with Gasteiger partial charge < -0.3 is 9.47 Å². The molecular weight excluding hydrogens is 396 g/mol. The first-order chi connectivity index (χ1) is 12.2. The molecule has 0 N–H and O–H groups in total. The maximum absolute atomic E-state index is 5.89. The van der Waals surface area contributed by atoms with Gasteiger partial charge in [-0.15, -0.1) is 11.3 Å². The van der Waals surface area contributed by atoms with Crippen LogP contribution in [-0.4, -0.2) is 14.2 Å². The molecule has 0 atom stereocenters. The van der Waals surface area contributed by atoms with Crippen LogP contribution < -0.4 is 0 Å². The Hall–Kier alpha value is -1.72. The first-order valence-corrected chi connectivity index (χ1v) is 9.57. The predicted octanol–water partition coefficient (Wildman–Crippen LogP) is 6.31. The number of rotatable bonds is 4. The lowest BCUT2D eigenvalue weighted by Gasteiger charge is -2.32. The molecule has 1 aromatic heterocycles. The largest absolute Gasteiger partial charge is 0.346 e. The molecule has 0 radical (unpaired) electrons. The zero-order valence-corrected chi connectivity index (χ0v) is 16.4. The highest BCUT2D eigenvalue weighted by Gasteiger charge is 2.35. The minimum Gasteiger partial charge on any atom is -0.346 e. The van der Waals surface area contributed by atoms with Crippen molar-refractivity contribution in [2.45, 2.75) is 5.79 Å². The molecule has 0 aliphatic heterocycles. The Morgan fingerprint density at radius 3 is 2.12 bits per heavy atom. The van der Waals surface area contributed by atoms with E-state index in [1.54, 1.807) is 25.6 Å². The molecule has 0 saturated carbocycles. The van der Waals surface area contributed by atoms with Gasteiger partial charge >= 0.3 is 0 Å². The second-order valence-electron chi connectivity index (χ2n) is 5.84. The lowest BCUT2D eigenvalue weighted by Crippen LogP contribution is -2.32. The van der Waals surface area contributed by atoms with E-state index in [4.69, 9.17) is 9.47 Å². The van der Waals surface area contributed by atoms with Crippen molar-refractivity contribution in [2.24, 2.45) is 0 Å². The maximum atomic E-state index is 5.89. The molecular formula is C21H17BrO2S. The Labute approximate surface area is 159 Å². The summed E-state index contributed by atoms with van der Waals surface area (Å²) >= 11 is 5.28. The van der Waals surface area contributed by atoms with Crippen LogP contribution in [0.2, 0.25) is 0 Å². The predicted molar refractivity (Wildman–Crippen MR) is 108 cm³/mol. The quantitative estimate of drug-likeness (QED) is 0.365. The second-order valence-corrected chi connectivity index (χ2v) is 7.84. The van der Waals surface area contributed by atoms with Gasteiger partial charge in [-0.25, -0.2) is 0 Å². The van der Waals surface area contributed by atoms with E-state index in [2.05, 4.69) is 58.4 Å². The van der Waals surface area contributed by atoms with Gasteiger partial charge in [-0.05, 0) is 24.3 Å². The number of fused-ring (bicyclic) bond motifs is 3. The van der Waals surface area contributed by atoms with Crippen LogP contribution in [-0.2, 0) is 15.3 Å². The van der Waals surface area contributed by atoms with Crippen LogP contribution in [0.4, 0.5) is 0 Å². The van der Waals surface area contributed by atoms with E-state index in [0.29, 0.717) is 0 Å². The Bertz CT molecular complexity index is 1030. The molecule has 1 heterocycles. The van der Waals surface area contributed by atoms with Crippen LogP contribution in [0.5, 0.6) is 0 Å². The van der Waals surface area contributed by atoms with E-state index in [0.717, 1.165) is 15.6 Å². The van der Waals surface area contributed by atoms with Crippen molar-refractivity contribution >= 4 is 47.4 Å². The molecule has 0 saturated heterocycles. The zero-order valence-electron chi connectivity index (χ0n) is 14.0. The topological polar surface area (TPSA) is 18.5 Å². The van der Waals surface area contributed by atoms with Crippen molar-refractivity contribution in [2.75, 3.05) is 14.2 Å². The second kappa shape index (κ2) is 6.54. The van der Waals surface area contributed by atoms with Gasteiger partial charge in [0, 0.05) is 50.0 Å². The first-order valence-electron chi connectivity index (χ1n) is 7.96. The van der Waals surface area contributed by atoms with Gasteiger partial charge in [0.05, 0.1) is 0 Å². The lowest BCUT2D eigenvalue weighted by molar-refractivity contribution is -0.183. The lowest BCUT2D eigenvalue weighted by atomic mass is 9.96. The minimum atomic E-state index is -0.926. The molecule has 4 aromatic rings. The van der Waals surface area contributed by atoms with Crippen molar-refractivity contribution in [1.82, 2.24) is 0 Å². The fourth-order valence-corrected chi connectivity index (χ4v) is 4.73. The summed E-state index contributed by atoms with van der Waals surface area (Å²) in [6.07, 6.45) is 0. The van der Waals surface area contributed by atoms with Gasteiger partial charge in [0.1, 0.15) is 0 Å². The molecule has 2 nitrogen and oxygen atoms in total. The first kappa shape index (κ1) is 16.7. The summed E-state index contributed by atoms with van der Waals surface area (Å²) < 4.78 is 15.3. The van der Waals surface area contributed by atoms with E-state index in [1.807, 2.05) is 24.3 Å². The third-order valence-corrected chi connectivity index (χ3v) is 6.22. The molecule has 25 heavy (non-hydrogen) atoms. The van der Waals surface area contributed by atoms with E-state index in [1.165, 1.54) is 20.2 Å². The highest BCUT2D eigenvalue weighted by molar-refractivity contribution is 9.10. The van der Waals surface area contributed by atoms with E-state index >= 15 is 0 Å². The average Bonchev–Trinajstić information content (AvgIpc) is 3.02. The summed E-state index contributed by atoms with van der Waals surface area (Å²) in [5.41, 5.74) is 1.94. The third-order valence-electron chi connectivity index (χ3n) is 4.56. The van der Waals surface area contributed by atoms with Crippen molar-refractivity contribution in [3.05, 3.63) is 82.3 Å². The van der Waals surface area contributed by atoms with Gasteiger partial charge in [0.15, 0.2) is 0 Å². The number of hydrogen-bond acceptors (Lipinski definition) is 3. The normalized spacial score (nSPS) is 12.1. The average molecular weight is 413 g/mol. The summed E-state index contributed by atoms with van der Waals surface area (Å²) in [6, 6.07) is 23.0. The van der Waals surface area contributed by atoms with E-state index < -0.39 is 5.79 Å². The van der Waals surface area contributed by atoms with Gasteiger partial charge in [-0.1, -0.05) is 58.4 Å². The molecule has 0 bridgehead atoms. The van der Waals surface area contributed by atoms with E-state index in [-0.39, 0.29) is 0 Å². The van der Waals surface area contributed by atoms with Crippen molar-refractivity contribution in [3.63, 3.8) is 0 Å².